The molecule has 6 nitrogen and oxygen atoms in total. The molecule has 2 rings (SSSR count). The van der Waals surface area contributed by atoms with E-state index in [0.29, 0.717) is 21.2 Å². The van der Waals surface area contributed by atoms with Crippen LogP contribution in [-0.2, 0) is 0 Å². The number of hydroxylamine groups is 2. The molecule has 110 valence electrons. The van der Waals surface area contributed by atoms with Gasteiger partial charge in [-0.25, -0.2) is 4.79 Å². The predicted molar refractivity (Wildman–Crippen MR) is 81.0 cm³/mol. The van der Waals surface area contributed by atoms with Gasteiger partial charge < -0.3 is 15.1 Å². The fourth-order valence-electron chi connectivity index (χ4n) is 1.72. The van der Waals surface area contributed by atoms with Crippen molar-refractivity contribution < 1.29 is 14.4 Å². The average Bonchev–Trinajstić information content (AvgIpc) is 2.93. The molecule has 21 heavy (non-hydrogen) atoms. The van der Waals surface area contributed by atoms with Crippen molar-refractivity contribution in [1.82, 2.24) is 10.0 Å². The normalized spacial score (nSPS) is 12.5. The zero-order valence-electron chi connectivity index (χ0n) is 11.3. The van der Waals surface area contributed by atoms with Crippen molar-refractivity contribution in [2.24, 2.45) is 5.73 Å². The van der Waals surface area contributed by atoms with Crippen molar-refractivity contribution in [3.63, 3.8) is 0 Å². The minimum atomic E-state index is -0.914. The quantitative estimate of drug-likeness (QED) is 0.459. The molecule has 0 radical (unpaired) electrons. The highest BCUT2D eigenvalue weighted by atomic mass is 32.1. The summed E-state index contributed by atoms with van der Waals surface area (Å²) in [5.41, 5.74) is 5.76. The molecular formula is C14H15N3O3S. The Balaban J connectivity index is 2.16. The fourth-order valence-corrected chi connectivity index (χ4v) is 1.96. The lowest BCUT2D eigenvalue weighted by Gasteiger charge is -2.16. The Morgan fingerprint density at radius 2 is 2.29 bits per heavy atom. The van der Waals surface area contributed by atoms with Gasteiger partial charge in [0.2, 0.25) is 0 Å². The van der Waals surface area contributed by atoms with Gasteiger partial charge in [-0.15, -0.1) is 0 Å². The number of carbonyl (C=O) groups excluding carboxylic acids is 1. The lowest BCUT2D eigenvalue weighted by molar-refractivity contribution is -0.0560. The van der Waals surface area contributed by atoms with E-state index in [2.05, 4.69) is 4.98 Å². The van der Waals surface area contributed by atoms with Gasteiger partial charge in [0.1, 0.15) is 16.2 Å². The Morgan fingerprint density at radius 1 is 1.52 bits per heavy atom. The number of hydrogen-bond acceptors (Lipinski definition) is 4. The number of rotatable bonds is 4. The SMILES string of the molecule is CC(/C=C/c1ccc(-c2ccc[nH]c2=S)o1)N(O)C(N)=O. The molecular weight excluding hydrogens is 290 g/mol. The molecule has 1 unspecified atom stereocenters. The Hall–Kier alpha value is -2.38. The first kappa shape index (κ1) is 15.0. The van der Waals surface area contributed by atoms with Crippen LogP contribution < -0.4 is 5.73 Å². The summed E-state index contributed by atoms with van der Waals surface area (Å²) in [6.45, 7) is 1.62. The number of aromatic nitrogens is 1. The van der Waals surface area contributed by atoms with E-state index in [-0.39, 0.29) is 0 Å². The molecule has 0 fully saturated rings. The van der Waals surface area contributed by atoms with E-state index in [1.165, 1.54) is 0 Å². The maximum Gasteiger partial charge on any atom is 0.339 e. The van der Waals surface area contributed by atoms with Crippen molar-refractivity contribution in [3.8, 4) is 11.3 Å². The number of nitrogens with one attached hydrogen (secondary N) is 1. The number of H-pyrrole nitrogens is 1. The van der Waals surface area contributed by atoms with Gasteiger partial charge >= 0.3 is 6.03 Å². The monoisotopic (exact) mass is 305 g/mol. The van der Waals surface area contributed by atoms with E-state index in [0.717, 1.165) is 5.56 Å². The summed E-state index contributed by atoms with van der Waals surface area (Å²) >= 11 is 5.19. The summed E-state index contributed by atoms with van der Waals surface area (Å²) < 4.78 is 6.24. The highest BCUT2D eigenvalue weighted by Gasteiger charge is 2.12. The van der Waals surface area contributed by atoms with E-state index in [9.17, 15) is 10.0 Å². The molecule has 2 amide bonds. The molecule has 0 bridgehead atoms. The van der Waals surface area contributed by atoms with Crippen LogP contribution >= 0.6 is 12.2 Å². The average molecular weight is 305 g/mol. The van der Waals surface area contributed by atoms with Gasteiger partial charge in [0, 0.05) is 6.20 Å². The highest BCUT2D eigenvalue weighted by molar-refractivity contribution is 7.71. The summed E-state index contributed by atoms with van der Waals surface area (Å²) in [4.78, 5) is 13.7. The molecule has 7 heteroatoms. The van der Waals surface area contributed by atoms with E-state index in [1.807, 2.05) is 12.1 Å². The number of nitrogens with zero attached hydrogens (tertiary/aromatic N) is 1. The molecule has 0 aliphatic heterocycles. The van der Waals surface area contributed by atoms with Crippen molar-refractivity contribution in [2.45, 2.75) is 13.0 Å². The maximum absolute atomic E-state index is 10.8. The Bertz CT molecular complexity index is 720. The molecule has 2 aromatic rings. The third-order valence-electron chi connectivity index (χ3n) is 2.86. The third kappa shape index (κ3) is 3.59. The Kier molecular flexibility index (Phi) is 4.56. The third-order valence-corrected chi connectivity index (χ3v) is 3.20. The van der Waals surface area contributed by atoms with Crippen LogP contribution in [0, 0.1) is 4.64 Å². The number of nitrogens with two attached hydrogens (primary N) is 1. The lowest BCUT2D eigenvalue weighted by atomic mass is 10.2. The molecule has 1 atom stereocenters. The van der Waals surface area contributed by atoms with Crippen LogP contribution in [-0.4, -0.2) is 27.3 Å². The van der Waals surface area contributed by atoms with E-state index in [4.69, 9.17) is 22.4 Å². The smallest absolute Gasteiger partial charge is 0.339 e. The molecule has 0 aliphatic carbocycles. The van der Waals surface area contributed by atoms with E-state index < -0.39 is 12.1 Å². The highest BCUT2D eigenvalue weighted by Crippen LogP contribution is 2.23. The second kappa shape index (κ2) is 6.38. The zero-order chi connectivity index (χ0) is 15.4. The van der Waals surface area contributed by atoms with Crippen molar-refractivity contribution in [3.05, 3.63) is 46.9 Å². The van der Waals surface area contributed by atoms with Crippen LogP contribution in [0.2, 0.25) is 0 Å². The zero-order valence-corrected chi connectivity index (χ0v) is 12.1. The molecule has 0 saturated heterocycles. The summed E-state index contributed by atoms with van der Waals surface area (Å²) in [7, 11) is 0. The summed E-state index contributed by atoms with van der Waals surface area (Å²) in [6.07, 6.45) is 4.99. The number of aromatic amines is 1. The predicted octanol–water partition coefficient (Wildman–Crippen LogP) is 3.18. The lowest BCUT2D eigenvalue weighted by Crippen LogP contribution is -2.38. The van der Waals surface area contributed by atoms with Gasteiger partial charge in [-0.3, -0.25) is 5.21 Å². The first-order valence-electron chi connectivity index (χ1n) is 6.22. The van der Waals surface area contributed by atoms with Crippen LogP contribution in [0.3, 0.4) is 0 Å². The van der Waals surface area contributed by atoms with Crippen LogP contribution in [0.15, 0.2) is 41.0 Å². The number of pyridine rings is 1. The molecule has 0 spiro atoms. The standard InChI is InChI=1S/C14H15N3O3S/c1-9(17(19)14(15)18)4-5-10-6-7-12(20-10)11-3-2-8-16-13(11)21/h2-9,19H,1H3,(H2,15,18)(H,16,21)/b5-4+. The van der Waals surface area contributed by atoms with Crippen LogP contribution in [0.1, 0.15) is 12.7 Å². The molecule has 0 aromatic carbocycles. The van der Waals surface area contributed by atoms with Crippen molar-refractivity contribution >= 4 is 24.3 Å². The van der Waals surface area contributed by atoms with Gasteiger partial charge in [0.05, 0.1) is 11.6 Å². The minimum Gasteiger partial charge on any atom is -0.457 e. The van der Waals surface area contributed by atoms with Gasteiger partial charge in [-0.1, -0.05) is 18.3 Å². The second-order valence-electron chi connectivity index (χ2n) is 4.40. The number of amides is 2. The van der Waals surface area contributed by atoms with E-state index >= 15 is 0 Å². The van der Waals surface area contributed by atoms with Crippen molar-refractivity contribution in [1.29, 1.82) is 0 Å². The first-order chi connectivity index (χ1) is 9.99. The van der Waals surface area contributed by atoms with Gasteiger partial charge in [0.25, 0.3) is 0 Å². The molecule has 0 saturated carbocycles. The number of furan rings is 1. The molecule has 2 heterocycles. The second-order valence-corrected chi connectivity index (χ2v) is 4.81. The largest absolute Gasteiger partial charge is 0.457 e. The number of hydrogen-bond donors (Lipinski definition) is 3. The number of carbonyl (C=O) groups is 1. The molecule has 2 aromatic heterocycles. The summed E-state index contributed by atoms with van der Waals surface area (Å²) in [6, 6.07) is 5.79. The summed E-state index contributed by atoms with van der Waals surface area (Å²) in [5, 5.41) is 9.79. The fraction of sp³-hybridized carbons (Fsp3) is 0.143. The van der Waals surface area contributed by atoms with Crippen LogP contribution in [0.5, 0.6) is 0 Å². The number of urea groups is 1. The Labute approximate surface area is 126 Å². The van der Waals surface area contributed by atoms with Crippen molar-refractivity contribution in [2.75, 3.05) is 0 Å². The Morgan fingerprint density at radius 3 is 2.95 bits per heavy atom. The molecule has 0 aliphatic rings. The summed E-state index contributed by atoms with van der Waals surface area (Å²) in [5.74, 6) is 1.22. The van der Waals surface area contributed by atoms with Gasteiger partial charge in [0.15, 0.2) is 0 Å². The van der Waals surface area contributed by atoms with E-state index in [1.54, 1.807) is 37.4 Å². The van der Waals surface area contributed by atoms with Crippen LogP contribution in [0.25, 0.3) is 17.4 Å². The first-order valence-corrected chi connectivity index (χ1v) is 6.63. The topological polar surface area (TPSA) is 95.5 Å². The van der Waals surface area contributed by atoms with Gasteiger partial charge in [-0.05, 0) is 37.3 Å². The molecule has 4 N–H and O–H groups in total. The number of primary amides is 1. The maximum atomic E-state index is 10.8. The van der Waals surface area contributed by atoms with Gasteiger partial charge in [-0.2, -0.15) is 5.06 Å². The minimum absolute atomic E-state index is 0.438. The van der Waals surface area contributed by atoms with Crippen LogP contribution in [0.4, 0.5) is 4.79 Å².